The van der Waals surface area contributed by atoms with Crippen LogP contribution in [-0.4, -0.2) is 28.2 Å². The molecule has 1 aliphatic rings. The summed E-state index contributed by atoms with van der Waals surface area (Å²) in [5.41, 5.74) is 2.83. The van der Waals surface area contributed by atoms with E-state index in [1.807, 2.05) is 43.3 Å². The second-order valence-corrected chi connectivity index (χ2v) is 6.11. The van der Waals surface area contributed by atoms with E-state index in [-0.39, 0.29) is 0 Å². The van der Waals surface area contributed by atoms with Crippen LogP contribution in [0.5, 0.6) is 11.5 Å². The molecule has 1 N–H and O–H groups in total. The van der Waals surface area contributed by atoms with Crippen LogP contribution in [0.4, 0.5) is 5.82 Å². The van der Waals surface area contributed by atoms with Crippen molar-refractivity contribution in [2.24, 2.45) is 0 Å². The average Bonchev–Trinajstić information content (AvgIpc) is 2.92. The Morgan fingerprint density at radius 2 is 2.00 bits per heavy atom. The summed E-state index contributed by atoms with van der Waals surface area (Å²) in [5.74, 6) is 3.04. The van der Waals surface area contributed by atoms with E-state index in [9.17, 15) is 0 Å². The summed E-state index contributed by atoms with van der Waals surface area (Å²) in [5, 5.41) is 3.38. The quantitative estimate of drug-likeness (QED) is 0.777. The molecule has 0 saturated carbocycles. The number of nitrogens with one attached hydrogen (secondary N) is 1. The van der Waals surface area contributed by atoms with Crippen LogP contribution >= 0.6 is 0 Å². The molecule has 3 aromatic rings. The van der Waals surface area contributed by atoms with Gasteiger partial charge in [0.1, 0.15) is 5.82 Å². The zero-order valence-electron chi connectivity index (χ0n) is 14.6. The molecule has 4 rings (SSSR count). The van der Waals surface area contributed by atoms with Gasteiger partial charge in [0.15, 0.2) is 17.3 Å². The summed E-state index contributed by atoms with van der Waals surface area (Å²) in [7, 11) is 0. The minimum absolute atomic E-state index is 0.593. The summed E-state index contributed by atoms with van der Waals surface area (Å²) in [6.45, 7) is 3.90. The van der Waals surface area contributed by atoms with Crippen molar-refractivity contribution in [3.8, 4) is 22.9 Å². The lowest BCUT2D eigenvalue weighted by atomic mass is 10.2. The van der Waals surface area contributed by atoms with Crippen molar-refractivity contribution in [2.75, 3.05) is 18.5 Å². The molecule has 0 fully saturated rings. The molecule has 0 bridgehead atoms. The lowest BCUT2D eigenvalue weighted by molar-refractivity contribution is 0.296. The molecule has 1 aromatic carbocycles. The third-order valence-electron chi connectivity index (χ3n) is 4.09. The van der Waals surface area contributed by atoms with E-state index in [4.69, 9.17) is 9.47 Å². The van der Waals surface area contributed by atoms with E-state index in [1.54, 1.807) is 12.4 Å². The minimum Gasteiger partial charge on any atom is -0.490 e. The zero-order chi connectivity index (χ0) is 17.8. The van der Waals surface area contributed by atoms with E-state index in [0.717, 1.165) is 40.6 Å². The Kier molecular flexibility index (Phi) is 4.64. The number of aryl methyl sites for hydroxylation is 1. The van der Waals surface area contributed by atoms with Gasteiger partial charge in [-0.2, -0.15) is 0 Å². The van der Waals surface area contributed by atoms with Crippen molar-refractivity contribution < 1.29 is 9.47 Å². The zero-order valence-corrected chi connectivity index (χ0v) is 14.6. The smallest absolute Gasteiger partial charge is 0.166 e. The Labute approximate surface area is 152 Å². The van der Waals surface area contributed by atoms with Gasteiger partial charge in [0.2, 0.25) is 0 Å². The third-order valence-corrected chi connectivity index (χ3v) is 4.09. The molecule has 0 radical (unpaired) electrons. The molecule has 0 spiro atoms. The lowest BCUT2D eigenvalue weighted by Crippen LogP contribution is -2.06. The van der Waals surface area contributed by atoms with Crippen LogP contribution in [-0.2, 0) is 6.54 Å². The Morgan fingerprint density at radius 1 is 1.08 bits per heavy atom. The second-order valence-electron chi connectivity index (χ2n) is 6.11. The van der Waals surface area contributed by atoms with Gasteiger partial charge in [-0.1, -0.05) is 12.1 Å². The number of pyridine rings is 1. The minimum atomic E-state index is 0.593. The predicted octanol–water partition coefficient (Wildman–Crippen LogP) is 3.62. The Hall–Kier alpha value is -3.15. The molecule has 3 heterocycles. The standard InChI is InChI=1S/C20H20N4O2/c1-14-11-18(24-20(23-14)16-6-3-8-21-12-16)22-13-15-5-2-7-17-19(15)26-10-4-9-25-17/h2-3,5-8,11-12H,4,9-10,13H2,1H3,(H,22,23,24). The van der Waals surface area contributed by atoms with E-state index >= 15 is 0 Å². The number of benzene rings is 1. The first-order valence-electron chi connectivity index (χ1n) is 8.67. The van der Waals surface area contributed by atoms with Crippen LogP contribution in [0.25, 0.3) is 11.4 Å². The number of nitrogens with zero attached hydrogens (tertiary/aromatic N) is 3. The maximum absolute atomic E-state index is 5.88. The van der Waals surface area contributed by atoms with Gasteiger partial charge in [-0.25, -0.2) is 9.97 Å². The molecule has 2 aromatic heterocycles. The normalized spacial score (nSPS) is 13.1. The van der Waals surface area contributed by atoms with Gasteiger partial charge in [0, 0.05) is 48.2 Å². The number of aromatic nitrogens is 3. The molecule has 0 unspecified atom stereocenters. The number of anilines is 1. The fourth-order valence-electron chi connectivity index (χ4n) is 2.86. The second kappa shape index (κ2) is 7.39. The Bertz CT molecular complexity index is 900. The molecule has 0 atom stereocenters. The first-order valence-corrected chi connectivity index (χ1v) is 8.67. The third kappa shape index (κ3) is 3.59. The summed E-state index contributed by atoms with van der Waals surface area (Å²) >= 11 is 0. The molecular formula is C20H20N4O2. The highest BCUT2D eigenvalue weighted by Gasteiger charge is 2.14. The average molecular weight is 348 g/mol. The van der Waals surface area contributed by atoms with Crippen molar-refractivity contribution in [1.29, 1.82) is 0 Å². The van der Waals surface area contributed by atoms with E-state index < -0.39 is 0 Å². The topological polar surface area (TPSA) is 69.2 Å². The largest absolute Gasteiger partial charge is 0.490 e. The summed E-state index contributed by atoms with van der Waals surface area (Å²) < 4.78 is 11.6. The van der Waals surface area contributed by atoms with Crippen LogP contribution in [0.2, 0.25) is 0 Å². The van der Waals surface area contributed by atoms with E-state index in [1.165, 1.54) is 0 Å². The fraction of sp³-hybridized carbons (Fsp3) is 0.250. The highest BCUT2D eigenvalue weighted by molar-refractivity contribution is 5.56. The molecule has 6 nitrogen and oxygen atoms in total. The molecule has 132 valence electrons. The molecular weight excluding hydrogens is 328 g/mol. The number of rotatable bonds is 4. The SMILES string of the molecule is Cc1cc(NCc2cccc3c2OCCCO3)nc(-c2cccnc2)n1. The van der Waals surface area contributed by atoms with Crippen LogP contribution in [0.3, 0.4) is 0 Å². The molecule has 26 heavy (non-hydrogen) atoms. The Morgan fingerprint density at radius 3 is 2.88 bits per heavy atom. The Balaban J connectivity index is 1.57. The summed E-state index contributed by atoms with van der Waals surface area (Å²) in [6.07, 6.45) is 4.39. The maximum Gasteiger partial charge on any atom is 0.166 e. The van der Waals surface area contributed by atoms with Gasteiger partial charge in [0.05, 0.1) is 13.2 Å². The maximum atomic E-state index is 5.88. The molecule has 6 heteroatoms. The van der Waals surface area contributed by atoms with Crippen molar-refractivity contribution >= 4 is 5.82 Å². The monoisotopic (exact) mass is 348 g/mol. The first kappa shape index (κ1) is 16.3. The molecule has 0 aliphatic carbocycles. The summed E-state index contributed by atoms with van der Waals surface area (Å²) in [4.78, 5) is 13.3. The van der Waals surface area contributed by atoms with Crippen molar-refractivity contribution in [2.45, 2.75) is 19.9 Å². The first-order chi connectivity index (χ1) is 12.8. The summed E-state index contributed by atoms with van der Waals surface area (Å²) in [6, 6.07) is 11.7. The number of fused-ring (bicyclic) bond motifs is 1. The van der Waals surface area contributed by atoms with Crippen molar-refractivity contribution in [1.82, 2.24) is 15.0 Å². The van der Waals surface area contributed by atoms with Crippen LogP contribution in [0.1, 0.15) is 17.7 Å². The van der Waals surface area contributed by atoms with E-state index in [2.05, 4.69) is 20.3 Å². The van der Waals surface area contributed by atoms with Gasteiger partial charge in [0.25, 0.3) is 0 Å². The fourth-order valence-corrected chi connectivity index (χ4v) is 2.86. The number of hydrogen-bond acceptors (Lipinski definition) is 6. The number of ether oxygens (including phenoxy) is 2. The lowest BCUT2D eigenvalue weighted by Gasteiger charge is -2.14. The van der Waals surface area contributed by atoms with Gasteiger partial charge in [-0.15, -0.1) is 0 Å². The highest BCUT2D eigenvalue weighted by atomic mass is 16.5. The van der Waals surface area contributed by atoms with Crippen molar-refractivity contribution in [3.05, 3.63) is 60.0 Å². The van der Waals surface area contributed by atoms with Gasteiger partial charge in [-0.05, 0) is 25.1 Å². The van der Waals surface area contributed by atoms with Gasteiger partial charge in [-0.3, -0.25) is 4.98 Å². The van der Waals surface area contributed by atoms with Gasteiger partial charge < -0.3 is 14.8 Å². The predicted molar refractivity (Wildman–Crippen MR) is 99.4 cm³/mol. The highest BCUT2D eigenvalue weighted by Crippen LogP contribution is 2.33. The number of hydrogen-bond donors (Lipinski definition) is 1. The van der Waals surface area contributed by atoms with E-state index in [0.29, 0.717) is 25.6 Å². The van der Waals surface area contributed by atoms with Crippen LogP contribution < -0.4 is 14.8 Å². The van der Waals surface area contributed by atoms with Crippen molar-refractivity contribution in [3.63, 3.8) is 0 Å². The van der Waals surface area contributed by atoms with Crippen LogP contribution in [0.15, 0.2) is 48.8 Å². The molecule has 0 saturated heterocycles. The van der Waals surface area contributed by atoms with Gasteiger partial charge >= 0.3 is 0 Å². The van der Waals surface area contributed by atoms with Crippen LogP contribution in [0, 0.1) is 6.92 Å². The number of para-hydroxylation sites is 1. The molecule has 1 aliphatic heterocycles. The molecule has 0 amide bonds.